The molecule has 1 aliphatic rings. The zero-order chi connectivity index (χ0) is 15.8. The van der Waals surface area contributed by atoms with Gasteiger partial charge in [-0.1, -0.05) is 12.1 Å². The molecule has 0 aliphatic heterocycles. The van der Waals surface area contributed by atoms with Gasteiger partial charge >= 0.3 is 18.1 Å². The van der Waals surface area contributed by atoms with Crippen LogP contribution >= 0.6 is 0 Å². The highest BCUT2D eigenvalue weighted by Gasteiger charge is 2.58. The minimum Gasteiger partial charge on any atom is -0.490 e. The monoisotopic (exact) mass is 310 g/mol. The number of rotatable bonds is 4. The Balaban J connectivity index is 2.07. The number of alkyl halides is 5. The summed E-state index contributed by atoms with van der Waals surface area (Å²) in [5.74, 6) is -6.64. The van der Waals surface area contributed by atoms with Crippen LogP contribution in [0.2, 0.25) is 0 Å². The van der Waals surface area contributed by atoms with E-state index in [2.05, 4.69) is 0 Å². The van der Waals surface area contributed by atoms with E-state index in [1.165, 1.54) is 6.07 Å². The van der Waals surface area contributed by atoms with E-state index < -0.39 is 35.7 Å². The van der Waals surface area contributed by atoms with Crippen LogP contribution in [0.4, 0.5) is 22.0 Å². The molecule has 0 unspecified atom stereocenters. The van der Waals surface area contributed by atoms with Crippen molar-refractivity contribution in [2.24, 2.45) is 5.92 Å². The second-order valence-electron chi connectivity index (χ2n) is 4.85. The number of carboxylic acid groups (broad SMARTS) is 1. The van der Waals surface area contributed by atoms with Gasteiger partial charge in [-0.3, -0.25) is 4.79 Å². The normalized spacial score (nSPS) is 22.5. The van der Waals surface area contributed by atoms with Gasteiger partial charge in [0.1, 0.15) is 11.9 Å². The molecule has 1 saturated carbocycles. The first kappa shape index (κ1) is 15.5. The lowest BCUT2D eigenvalue weighted by Gasteiger charge is -2.32. The third-order valence-electron chi connectivity index (χ3n) is 3.30. The lowest BCUT2D eigenvalue weighted by Crippen LogP contribution is -2.38. The largest absolute Gasteiger partial charge is 0.490 e. The highest BCUT2D eigenvalue weighted by molar-refractivity contribution is 5.71. The maximum atomic E-state index is 13.2. The maximum absolute atomic E-state index is 13.2. The third-order valence-corrected chi connectivity index (χ3v) is 3.30. The fraction of sp³-hybridized carbons (Fsp3) is 0.462. The number of aliphatic carboxylic acids is 1. The van der Waals surface area contributed by atoms with Crippen molar-refractivity contribution in [1.82, 2.24) is 0 Å². The second kappa shape index (κ2) is 5.16. The fourth-order valence-electron chi connectivity index (χ4n) is 1.98. The van der Waals surface area contributed by atoms with Crippen molar-refractivity contribution in [1.29, 1.82) is 0 Å². The summed E-state index contributed by atoms with van der Waals surface area (Å²) in [5, 5.41) is 8.68. The Kier molecular flexibility index (Phi) is 3.81. The van der Waals surface area contributed by atoms with Crippen molar-refractivity contribution in [3.63, 3.8) is 0 Å². The van der Waals surface area contributed by atoms with E-state index in [9.17, 15) is 26.7 Å². The Labute approximate surface area is 116 Å². The summed E-state index contributed by atoms with van der Waals surface area (Å²) in [6.07, 6.45) is -5.76. The minimum atomic E-state index is -5.68. The van der Waals surface area contributed by atoms with Gasteiger partial charge in [0.25, 0.3) is 0 Å². The van der Waals surface area contributed by atoms with Gasteiger partial charge in [-0.05, 0) is 25.0 Å². The van der Waals surface area contributed by atoms with Crippen molar-refractivity contribution in [2.45, 2.75) is 31.0 Å². The Morgan fingerprint density at radius 1 is 1.19 bits per heavy atom. The second-order valence-corrected chi connectivity index (χ2v) is 4.85. The number of halogens is 5. The molecule has 1 aromatic carbocycles. The predicted molar refractivity (Wildman–Crippen MR) is 61.2 cm³/mol. The number of carboxylic acids is 1. The molecule has 1 aromatic rings. The van der Waals surface area contributed by atoms with Crippen molar-refractivity contribution >= 4 is 5.97 Å². The fourth-order valence-corrected chi connectivity index (χ4v) is 1.98. The molecule has 0 spiro atoms. The summed E-state index contributed by atoms with van der Waals surface area (Å²) in [5.41, 5.74) is -1.21. The molecule has 0 saturated heterocycles. The van der Waals surface area contributed by atoms with E-state index in [1.807, 2.05) is 0 Å². The average Bonchev–Trinajstić information content (AvgIpc) is 2.31. The Morgan fingerprint density at radius 3 is 2.33 bits per heavy atom. The molecule has 0 aromatic heterocycles. The summed E-state index contributed by atoms with van der Waals surface area (Å²) in [7, 11) is 0. The molecule has 1 fully saturated rings. The van der Waals surface area contributed by atoms with E-state index in [1.54, 1.807) is 0 Å². The molecular weight excluding hydrogens is 299 g/mol. The lowest BCUT2D eigenvalue weighted by molar-refractivity contribution is -0.289. The van der Waals surface area contributed by atoms with E-state index in [-0.39, 0.29) is 18.6 Å². The van der Waals surface area contributed by atoms with E-state index >= 15 is 0 Å². The molecule has 0 amide bonds. The summed E-state index contributed by atoms with van der Waals surface area (Å²) < 4.78 is 68.4. The molecule has 0 heterocycles. The first-order valence-electron chi connectivity index (χ1n) is 6.06. The van der Waals surface area contributed by atoms with Crippen molar-refractivity contribution in [3.05, 3.63) is 29.8 Å². The Hall–Kier alpha value is -1.86. The molecule has 116 valence electrons. The molecule has 0 atom stereocenters. The Bertz CT molecular complexity index is 535. The standard InChI is InChI=1S/C13H11F5O3/c14-12(15,13(16,17)18)8-2-1-3-9(6-8)21-10-4-7(5-10)11(19)20/h1-3,6-7,10H,4-5H2,(H,19,20). The topological polar surface area (TPSA) is 46.5 Å². The number of hydrogen-bond donors (Lipinski definition) is 1. The molecule has 3 nitrogen and oxygen atoms in total. The quantitative estimate of drug-likeness (QED) is 0.865. The Morgan fingerprint density at radius 2 is 1.81 bits per heavy atom. The number of hydrogen-bond acceptors (Lipinski definition) is 2. The molecule has 0 bridgehead atoms. The predicted octanol–water partition coefficient (Wildman–Crippen LogP) is 3.58. The smallest absolute Gasteiger partial charge is 0.458 e. The summed E-state index contributed by atoms with van der Waals surface area (Å²) >= 11 is 0. The zero-order valence-electron chi connectivity index (χ0n) is 10.5. The van der Waals surface area contributed by atoms with Crippen LogP contribution < -0.4 is 4.74 Å². The van der Waals surface area contributed by atoms with Crippen molar-refractivity contribution in [3.8, 4) is 5.75 Å². The van der Waals surface area contributed by atoms with E-state index in [0.29, 0.717) is 12.1 Å². The average molecular weight is 310 g/mol. The molecule has 2 rings (SSSR count). The number of carbonyl (C=O) groups is 1. The van der Waals surface area contributed by atoms with Gasteiger partial charge in [0.05, 0.1) is 5.92 Å². The van der Waals surface area contributed by atoms with Crippen LogP contribution in [-0.4, -0.2) is 23.4 Å². The van der Waals surface area contributed by atoms with E-state index in [4.69, 9.17) is 9.84 Å². The van der Waals surface area contributed by atoms with Gasteiger partial charge < -0.3 is 9.84 Å². The minimum absolute atomic E-state index is 0.134. The van der Waals surface area contributed by atoms with Crippen LogP contribution in [0, 0.1) is 5.92 Å². The molecule has 8 heteroatoms. The van der Waals surface area contributed by atoms with Crippen LogP contribution in [0.1, 0.15) is 18.4 Å². The molecular formula is C13H11F5O3. The maximum Gasteiger partial charge on any atom is 0.458 e. The molecule has 1 N–H and O–H groups in total. The van der Waals surface area contributed by atoms with Crippen molar-refractivity contribution in [2.75, 3.05) is 0 Å². The van der Waals surface area contributed by atoms with Crippen LogP contribution in [0.15, 0.2) is 24.3 Å². The summed E-state index contributed by atoms with van der Waals surface area (Å²) in [4.78, 5) is 10.6. The highest BCUT2D eigenvalue weighted by atomic mass is 19.4. The first-order chi connectivity index (χ1) is 9.61. The van der Waals surface area contributed by atoms with E-state index in [0.717, 1.165) is 6.07 Å². The third kappa shape index (κ3) is 3.08. The summed E-state index contributed by atoms with van der Waals surface area (Å²) in [6, 6.07) is 3.59. The highest BCUT2D eigenvalue weighted by Crippen LogP contribution is 2.44. The van der Waals surface area contributed by atoms with Crippen LogP contribution in [0.3, 0.4) is 0 Å². The van der Waals surface area contributed by atoms with Gasteiger partial charge in [-0.25, -0.2) is 0 Å². The van der Waals surface area contributed by atoms with Crippen molar-refractivity contribution < 1.29 is 36.6 Å². The lowest BCUT2D eigenvalue weighted by atomic mass is 9.82. The zero-order valence-corrected chi connectivity index (χ0v) is 10.5. The van der Waals surface area contributed by atoms with Crippen LogP contribution in [-0.2, 0) is 10.7 Å². The van der Waals surface area contributed by atoms with Gasteiger partial charge in [-0.15, -0.1) is 0 Å². The number of benzene rings is 1. The first-order valence-corrected chi connectivity index (χ1v) is 6.06. The van der Waals surface area contributed by atoms with Crippen LogP contribution in [0.5, 0.6) is 5.75 Å². The summed E-state index contributed by atoms with van der Waals surface area (Å²) in [6.45, 7) is 0. The SMILES string of the molecule is O=C(O)C1CC(Oc2cccc(C(F)(F)C(F)(F)F)c2)C1. The number of ether oxygens (including phenoxy) is 1. The van der Waals surface area contributed by atoms with Crippen LogP contribution in [0.25, 0.3) is 0 Å². The molecule has 0 radical (unpaired) electrons. The van der Waals surface area contributed by atoms with Gasteiger partial charge in [0, 0.05) is 5.56 Å². The van der Waals surface area contributed by atoms with Gasteiger partial charge in [0.15, 0.2) is 0 Å². The van der Waals surface area contributed by atoms with Gasteiger partial charge in [-0.2, -0.15) is 22.0 Å². The molecule has 21 heavy (non-hydrogen) atoms. The molecule has 1 aliphatic carbocycles. The van der Waals surface area contributed by atoms with Gasteiger partial charge in [0.2, 0.25) is 0 Å².